The van der Waals surface area contributed by atoms with Gasteiger partial charge in [-0.25, -0.2) is 4.79 Å². The fourth-order valence-corrected chi connectivity index (χ4v) is 2.19. The first-order valence-electron chi connectivity index (χ1n) is 6.89. The minimum atomic E-state index is -1.05. The number of hydrogen-bond donors (Lipinski definition) is 3. The Morgan fingerprint density at radius 2 is 1.74 bits per heavy atom. The van der Waals surface area contributed by atoms with Crippen molar-refractivity contribution < 1.29 is 9.90 Å². The fourth-order valence-electron chi connectivity index (χ4n) is 2.19. The number of nitrogens with one attached hydrogen (secondary N) is 2. The van der Waals surface area contributed by atoms with E-state index in [1.165, 1.54) is 12.1 Å². The summed E-state index contributed by atoms with van der Waals surface area (Å²) in [7, 11) is 0. The van der Waals surface area contributed by atoms with Gasteiger partial charge in [0.1, 0.15) is 11.5 Å². The summed E-state index contributed by atoms with van der Waals surface area (Å²) < 4.78 is 0. The monoisotopic (exact) mass is 307 g/mol. The topological polar surface area (TPSA) is 95.1 Å². The van der Waals surface area contributed by atoms with Gasteiger partial charge in [0.05, 0.1) is 11.3 Å². The molecule has 0 saturated heterocycles. The number of hydrogen-bond acceptors (Lipinski definition) is 4. The van der Waals surface area contributed by atoms with Gasteiger partial charge in [-0.3, -0.25) is 9.89 Å². The molecule has 3 N–H and O–H groups in total. The van der Waals surface area contributed by atoms with E-state index in [1.54, 1.807) is 30.3 Å². The van der Waals surface area contributed by atoms with Crippen LogP contribution in [-0.4, -0.2) is 21.3 Å². The second kappa shape index (κ2) is 6.15. The Labute approximate surface area is 131 Å². The number of aromatic nitrogens is 2. The van der Waals surface area contributed by atoms with E-state index < -0.39 is 5.97 Å². The Balaban J connectivity index is 1.93. The molecule has 6 nitrogen and oxygen atoms in total. The highest BCUT2D eigenvalue weighted by Gasteiger charge is 2.11. The van der Waals surface area contributed by atoms with E-state index in [2.05, 4.69) is 15.5 Å². The van der Waals surface area contributed by atoms with Gasteiger partial charge in [-0.05, 0) is 12.1 Å². The van der Waals surface area contributed by atoms with Gasteiger partial charge in [-0.2, -0.15) is 5.10 Å². The molecule has 0 aliphatic rings. The summed E-state index contributed by atoms with van der Waals surface area (Å²) in [5.41, 5.74) is 1.25. The first-order chi connectivity index (χ1) is 11.1. The van der Waals surface area contributed by atoms with Gasteiger partial charge in [0, 0.05) is 11.6 Å². The minimum absolute atomic E-state index is 0.112. The molecule has 0 unspecified atom stereocenters. The van der Waals surface area contributed by atoms with Crippen LogP contribution in [0.1, 0.15) is 10.4 Å². The number of para-hydroxylation sites is 1. The van der Waals surface area contributed by atoms with Crippen molar-refractivity contribution >= 4 is 17.5 Å². The standard InChI is InChI=1S/C17H13N3O3/c21-14-10-15(18-13-9-5-4-8-12(13)17(22)23)19-20-16(14)11-6-2-1-3-7-11/h1-10H,(H,22,23)(H2,18,19,21). The molecule has 1 aromatic heterocycles. The SMILES string of the molecule is O=C(O)c1ccccc1Nc1cc(=O)c(-c2ccccc2)n[nH]1. The third kappa shape index (κ3) is 3.11. The lowest BCUT2D eigenvalue weighted by Crippen LogP contribution is -2.11. The van der Waals surface area contributed by atoms with Gasteiger partial charge in [0.25, 0.3) is 0 Å². The molecule has 1 heterocycles. The third-order valence-electron chi connectivity index (χ3n) is 3.27. The van der Waals surface area contributed by atoms with Crippen LogP contribution in [0.2, 0.25) is 0 Å². The van der Waals surface area contributed by atoms with Crippen LogP contribution in [0, 0.1) is 0 Å². The van der Waals surface area contributed by atoms with Crippen LogP contribution in [0.25, 0.3) is 11.3 Å². The predicted molar refractivity (Wildman–Crippen MR) is 87.0 cm³/mol. The first kappa shape index (κ1) is 14.5. The number of aromatic amines is 1. The van der Waals surface area contributed by atoms with Crippen LogP contribution in [0.5, 0.6) is 0 Å². The van der Waals surface area contributed by atoms with E-state index in [9.17, 15) is 9.59 Å². The van der Waals surface area contributed by atoms with Crippen LogP contribution in [0.3, 0.4) is 0 Å². The predicted octanol–water partition coefficient (Wildman–Crippen LogP) is 2.88. The molecule has 6 heteroatoms. The second-order valence-corrected chi connectivity index (χ2v) is 4.84. The molecular formula is C17H13N3O3. The van der Waals surface area contributed by atoms with E-state index in [0.717, 1.165) is 0 Å². The van der Waals surface area contributed by atoms with Crippen molar-refractivity contribution in [3.63, 3.8) is 0 Å². The molecule has 0 saturated carbocycles. The number of nitrogens with zero attached hydrogens (tertiary/aromatic N) is 1. The largest absolute Gasteiger partial charge is 0.478 e. The van der Waals surface area contributed by atoms with Gasteiger partial charge in [0.2, 0.25) is 5.43 Å². The highest BCUT2D eigenvalue weighted by molar-refractivity contribution is 5.94. The van der Waals surface area contributed by atoms with E-state index in [4.69, 9.17) is 5.11 Å². The van der Waals surface area contributed by atoms with Crippen molar-refractivity contribution in [1.29, 1.82) is 0 Å². The summed E-state index contributed by atoms with van der Waals surface area (Å²) >= 11 is 0. The summed E-state index contributed by atoms with van der Waals surface area (Å²) in [5.74, 6) is -0.729. The maximum Gasteiger partial charge on any atom is 0.337 e. The number of aromatic carboxylic acids is 1. The molecule has 0 atom stereocenters. The van der Waals surface area contributed by atoms with Gasteiger partial charge in [-0.15, -0.1) is 0 Å². The lowest BCUT2D eigenvalue weighted by molar-refractivity contribution is 0.0698. The van der Waals surface area contributed by atoms with Crippen LogP contribution in [-0.2, 0) is 0 Å². The van der Waals surface area contributed by atoms with Crippen LogP contribution >= 0.6 is 0 Å². The van der Waals surface area contributed by atoms with Crippen LogP contribution in [0.4, 0.5) is 11.5 Å². The average Bonchev–Trinajstić information content (AvgIpc) is 2.56. The molecule has 0 amide bonds. The highest BCUT2D eigenvalue weighted by atomic mass is 16.4. The van der Waals surface area contributed by atoms with E-state index in [0.29, 0.717) is 22.8 Å². The molecule has 3 aromatic rings. The summed E-state index contributed by atoms with van der Waals surface area (Å²) in [5, 5.41) is 18.8. The molecule has 114 valence electrons. The molecule has 0 bridgehead atoms. The first-order valence-corrected chi connectivity index (χ1v) is 6.89. The van der Waals surface area contributed by atoms with Gasteiger partial charge < -0.3 is 10.4 Å². The quantitative estimate of drug-likeness (QED) is 0.689. The average molecular weight is 307 g/mol. The van der Waals surface area contributed by atoms with Crippen molar-refractivity contribution in [2.75, 3.05) is 5.32 Å². The van der Waals surface area contributed by atoms with Crippen molar-refractivity contribution in [3.8, 4) is 11.3 Å². The van der Waals surface area contributed by atoms with Crippen molar-refractivity contribution in [3.05, 3.63) is 76.5 Å². The van der Waals surface area contributed by atoms with Crippen LogP contribution < -0.4 is 10.7 Å². The second-order valence-electron chi connectivity index (χ2n) is 4.84. The number of carbonyl (C=O) groups is 1. The summed E-state index contributed by atoms with van der Waals surface area (Å²) in [6, 6.07) is 16.9. The number of carboxylic acids is 1. The Morgan fingerprint density at radius 1 is 1.04 bits per heavy atom. The Bertz CT molecular complexity index is 904. The zero-order valence-corrected chi connectivity index (χ0v) is 12.0. The number of rotatable bonds is 4. The molecular weight excluding hydrogens is 294 g/mol. The lowest BCUT2D eigenvalue weighted by atomic mass is 10.1. The summed E-state index contributed by atoms with van der Waals surface area (Å²) in [6.07, 6.45) is 0. The Hall–Kier alpha value is -3.41. The van der Waals surface area contributed by atoms with Gasteiger partial charge in [-0.1, -0.05) is 42.5 Å². The number of carboxylic acid groups (broad SMARTS) is 1. The van der Waals surface area contributed by atoms with E-state index in [1.807, 2.05) is 18.2 Å². The maximum absolute atomic E-state index is 12.2. The molecule has 0 aliphatic carbocycles. The Morgan fingerprint density at radius 3 is 2.43 bits per heavy atom. The molecule has 0 fully saturated rings. The van der Waals surface area contributed by atoms with Crippen molar-refractivity contribution in [1.82, 2.24) is 10.2 Å². The molecule has 2 aromatic carbocycles. The lowest BCUT2D eigenvalue weighted by Gasteiger charge is -2.09. The summed E-state index contributed by atoms with van der Waals surface area (Å²) in [6.45, 7) is 0. The van der Waals surface area contributed by atoms with E-state index >= 15 is 0 Å². The smallest absolute Gasteiger partial charge is 0.337 e. The Kier molecular flexibility index (Phi) is 3.88. The molecule has 0 radical (unpaired) electrons. The minimum Gasteiger partial charge on any atom is -0.478 e. The van der Waals surface area contributed by atoms with E-state index in [-0.39, 0.29) is 11.0 Å². The number of benzene rings is 2. The highest BCUT2D eigenvalue weighted by Crippen LogP contribution is 2.19. The van der Waals surface area contributed by atoms with Gasteiger partial charge in [0.15, 0.2) is 0 Å². The number of H-pyrrole nitrogens is 1. The molecule has 0 aliphatic heterocycles. The third-order valence-corrected chi connectivity index (χ3v) is 3.27. The molecule has 23 heavy (non-hydrogen) atoms. The van der Waals surface area contributed by atoms with Crippen molar-refractivity contribution in [2.24, 2.45) is 0 Å². The van der Waals surface area contributed by atoms with Crippen LogP contribution in [0.15, 0.2) is 65.5 Å². The zero-order valence-electron chi connectivity index (χ0n) is 12.0. The number of anilines is 2. The zero-order chi connectivity index (χ0) is 16.2. The van der Waals surface area contributed by atoms with Crippen molar-refractivity contribution in [2.45, 2.75) is 0 Å². The van der Waals surface area contributed by atoms with Gasteiger partial charge >= 0.3 is 5.97 Å². The molecule has 0 spiro atoms. The fraction of sp³-hybridized carbons (Fsp3) is 0. The normalized spacial score (nSPS) is 10.3. The summed E-state index contributed by atoms with van der Waals surface area (Å²) in [4.78, 5) is 23.4. The maximum atomic E-state index is 12.2. The molecule has 3 rings (SSSR count).